The molecule has 0 N–H and O–H groups in total. The molecule has 47 heavy (non-hydrogen) atoms. The summed E-state index contributed by atoms with van der Waals surface area (Å²) >= 11 is 1.96. The molecule has 4 heteroatoms. The van der Waals surface area contributed by atoms with Gasteiger partial charge in [0.05, 0.1) is 0 Å². The fraction of sp³-hybridized carbons (Fsp3) is 0.116. The van der Waals surface area contributed by atoms with Gasteiger partial charge in [0.1, 0.15) is 0 Å². The first kappa shape index (κ1) is 26.1. The van der Waals surface area contributed by atoms with E-state index in [1.165, 1.54) is 96.5 Å². The average Bonchev–Trinajstić information content (AvgIpc) is 3.83. The first-order valence-corrected chi connectivity index (χ1v) is 17.8. The van der Waals surface area contributed by atoms with Gasteiger partial charge in [0.15, 0.2) is 0 Å². The number of nitrogens with zero attached hydrogens (tertiary/aromatic N) is 2. The Morgan fingerprint density at radius 1 is 0.553 bits per heavy atom. The van der Waals surface area contributed by atoms with Gasteiger partial charge >= 0.3 is 0 Å². The lowest BCUT2D eigenvalue weighted by molar-refractivity contribution is 0.555. The van der Waals surface area contributed by atoms with Crippen molar-refractivity contribution in [1.29, 1.82) is 0 Å². The maximum Gasteiger partial charge on any atom is 0.248 e. The molecule has 2 nitrogen and oxygen atoms in total. The van der Waals surface area contributed by atoms with Gasteiger partial charge in [-0.3, -0.25) is 0 Å². The van der Waals surface area contributed by atoms with E-state index in [0.717, 1.165) is 0 Å². The van der Waals surface area contributed by atoms with Crippen molar-refractivity contribution in [3.8, 4) is 0 Å². The maximum atomic E-state index is 2.63. The van der Waals surface area contributed by atoms with Crippen LogP contribution in [-0.4, -0.2) is 6.71 Å². The number of benzene rings is 6. The van der Waals surface area contributed by atoms with E-state index in [9.17, 15) is 0 Å². The molecule has 2 aliphatic heterocycles. The molecule has 0 unspecified atom stereocenters. The Labute approximate surface area is 279 Å². The van der Waals surface area contributed by atoms with Crippen molar-refractivity contribution in [3.05, 3.63) is 156 Å². The molecule has 6 aromatic carbocycles. The van der Waals surface area contributed by atoms with Gasteiger partial charge < -0.3 is 9.80 Å². The van der Waals surface area contributed by atoms with Crippen molar-refractivity contribution < 1.29 is 0 Å². The van der Waals surface area contributed by atoms with Gasteiger partial charge in [0, 0.05) is 65.3 Å². The predicted molar refractivity (Wildman–Crippen MR) is 201 cm³/mol. The minimum absolute atomic E-state index is 0.0135. The van der Waals surface area contributed by atoms with Gasteiger partial charge in [-0.2, -0.15) is 0 Å². The second-order valence-corrected chi connectivity index (χ2v) is 14.7. The van der Waals surface area contributed by atoms with Crippen LogP contribution >= 0.6 is 11.3 Å². The first-order valence-electron chi connectivity index (χ1n) is 16.9. The number of rotatable bonds is 2. The normalized spacial score (nSPS) is 17.0. The fourth-order valence-electron chi connectivity index (χ4n) is 9.62. The fourth-order valence-corrected chi connectivity index (χ4v) is 10.7. The Morgan fingerprint density at radius 2 is 1.19 bits per heavy atom. The number of para-hydroxylation sites is 3. The quantitative estimate of drug-likeness (QED) is 0.178. The van der Waals surface area contributed by atoms with E-state index in [4.69, 9.17) is 0 Å². The highest BCUT2D eigenvalue weighted by Gasteiger charge is 2.56. The topological polar surface area (TPSA) is 6.48 Å². The summed E-state index contributed by atoms with van der Waals surface area (Å²) in [5, 5.41) is 2.76. The molecular weight excluding hydrogens is 587 g/mol. The molecule has 1 saturated carbocycles. The molecule has 0 saturated heterocycles. The second kappa shape index (κ2) is 9.50. The Hall–Kier alpha value is -5.06. The highest BCUT2D eigenvalue weighted by atomic mass is 32.1. The van der Waals surface area contributed by atoms with Gasteiger partial charge in [-0.15, -0.1) is 11.3 Å². The summed E-state index contributed by atoms with van der Waals surface area (Å²) in [5.41, 5.74) is 15.2. The number of thiophene rings is 1. The summed E-state index contributed by atoms with van der Waals surface area (Å²) < 4.78 is 2.79. The third kappa shape index (κ3) is 3.36. The van der Waals surface area contributed by atoms with Crippen molar-refractivity contribution in [2.75, 3.05) is 9.80 Å². The zero-order valence-electron chi connectivity index (χ0n) is 26.0. The molecule has 2 aliphatic carbocycles. The molecule has 0 amide bonds. The molecule has 222 valence electrons. The summed E-state index contributed by atoms with van der Waals surface area (Å²) in [4.78, 5) is 5.14. The van der Waals surface area contributed by atoms with E-state index >= 15 is 0 Å². The van der Waals surface area contributed by atoms with Crippen molar-refractivity contribution in [2.45, 2.75) is 31.1 Å². The Bertz CT molecular complexity index is 2440. The molecule has 4 aliphatic rings. The van der Waals surface area contributed by atoms with Crippen LogP contribution in [-0.2, 0) is 5.41 Å². The zero-order valence-corrected chi connectivity index (χ0v) is 26.8. The number of allylic oxidation sites excluding steroid dienone is 1. The summed E-state index contributed by atoms with van der Waals surface area (Å²) in [6.45, 7) is 0.188. The molecule has 3 heterocycles. The third-order valence-electron chi connectivity index (χ3n) is 11.4. The van der Waals surface area contributed by atoms with Gasteiger partial charge in [0.2, 0.25) is 6.71 Å². The monoisotopic (exact) mass is 618 g/mol. The van der Waals surface area contributed by atoms with Crippen molar-refractivity contribution >= 4 is 83.3 Å². The molecule has 0 bridgehead atoms. The van der Waals surface area contributed by atoms with Crippen LogP contribution < -0.4 is 20.7 Å². The molecule has 1 aromatic heterocycles. The molecule has 1 spiro atoms. The lowest BCUT2D eigenvalue weighted by Gasteiger charge is -2.46. The van der Waals surface area contributed by atoms with E-state index in [2.05, 4.69) is 149 Å². The van der Waals surface area contributed by atoms with Crippen LogP contribution in [0.2, 0.25) is 0 Å². The standard InChI is InChI=1S/C43H31BN2S/c1-3-14-28(15-4-1)45-35-20-9-8-19-34(35)44-40-36(45)21-13-22-37(40)46(29-16-5-2-6-17-29)41-32-26-31-30-18-7-10-23-38(30)47-39(31)27-33(32)43(42(41)44)24-11-12-25-43/h1-10,13-23,26-27H,11-12,24-25H2. The van der Waals surface area contributed by atoms with Gasteiger partial charge in [-0.1, -0.05) is 97.2 Å². The molecule has 7 aromatic rings. The summed E-state index contributed by atoms with van der Waals surface area (Å²) in [6, 6.07) is 52.4. The SMILES string of the molecule is c1ccc(N2C3=C(B4c5ccccc5N(c5ccccc5)c5cccc2c54)C2(CCCC2)c2cc4sc5ccccc5c4cc23)cc1. The Balaban J connectivity index is 1.29. The molecule has 1 fully saturated rings. The minimum Gasteiger partial charge on any atom is -0.311 e. The van der Waals surface area contributed by atoms with E-state index in [0.29, 0.717) is 0 Å². The average molecular weight is 619 g/mol. The second-order valence-electron chi connectivity index (χ2n) is 13.6. The molecule has 0 atom stereocenters. The van der Waals surface area contributed by atoms with Crippen LogP contribution in [0.25, 0.3) is 25.9 Å². The largest absolute Gasteiger partial charge is 0.311 e. The van der Waals surface area contributed by atoms with Crippen molar-refractivity contribution in [3.63, 3.8) is 0 Å². The van der Waals surface area contributed by atoms with E-state index < -0.39 is 0 Å². The number of fused-ring (bicyclic) bond motifs is 10. The zero-order chi connectivity index (χ0) is 30.7. The Kier molecular flexibility index (Phi) is 5.27. The van der Waals surface area contributed by atoms with Crippen LogP contribution in [0.15, 0.2) is 145 Å². The number of anilines is 5. The number of hydrogen-bond acceptors (Lipinski definition) is 3. The maximum absolute atomic E-state index is 2.63. The number of hydrogen-bond donors (Lipinski definition) is 0. The van der Waals surface area contributed by atoms with Crippen LogP contribution in [0, 0.1) is 0 Å². The predicted octanol–water partition coefficient (Wildman–Crippen LogP) is 10.4. The lowest BCUT2D eigenvalue weighted by Crippen LogP contribution is -2.58. The highest BCUT2D eigenvalue weighted by Crippen LogP contribution is 2.61. The lowest BCUT2D eigenvalue weighted by atomic mass is 9.30. The molecule has 11 rings (SSSR count). The molecular formula is C43H31BN2S. The summed E-state index contributed by atoms with van der Waals surface area (Å²) in [6.07, 6.45) is 4.95. The highest BCUT2D eigenvalue weighted by molar-refractivity contribution is 7.25. The van der Waals surface area contributed by atoms with Crippen molar-refractivity contribution in [1.82, 2.24) is 0 Å². The molecule has 0 radical (unpaired) electrons. The van der Waals surface area contributed by atoms with Crippen LogP contribution in [0.5, 0.6) is 0 Å². The third-order valence-corrected chi connectivity index (χ3v) is 12.5. The minimum atomic E-state index is 0.0135. The van der Waals surface area contributed by atoms with Crippen molar-refractivity contribution in [2.24, 2.45) is 0 Å². The van der Waals surface area contributed by atoms with Gasteiger partial charge in [-0.05, 0) is 90.0 Å². The summed E-state index contributed by atoms with van der Waals surface area (Å²) in [5.74, 6) is 0. The Morgan fingerprint density at radius 3 is 1.98 bits per heavy atom. The van der Waals surface area contributed by atoms with Crippen LogP contribution in [0.3, 0.4) is 0 Å². The van der Waals surface area contributed by atoms with E-state index in [1.54, 1.807) is 11.0 Å². The van der Waals surface area contributed by atoms with Gasteiger partial charge in [0.25, 0.3) is 0 Å². The van der Waals surface area contributed by atoms with Crippen LogP contribution in [0.4, 0.5) is 28.4 Å². The van der Waals surface area contributed by atoms with E-state index in [1.807, 2.05) is 11.3 Å². The van der Waals surface area contributed by atoms with Crippen LogP contribution in [0.1, 0.15) is 36.8 Å². The van der Waals surface area contributed by atoms with Gasteiger partial charge in [-0.25, -0.2) is 0 Å². The first-order chi connectivity index (χ1) is 23.3. The summed E-state index contributed by atoms with van der Waals surface area (Å²) in [7, 11) is 0. The van der Waals surface area contributed by atoms with E-state index in [-0.39, 0.29) is 12.1 Å². The smallest absolute Gasteiger partial charge is 0.248 e.